The van der Waals surface area contributed by atoms with Crippen molar-refractivity contribution in [3.63, 3.8) is 0 Å². The maximum Gasteiger partial charge on any atom is 0.338 e. The van der Waals surface area contributed by atoms with E-state index in [4.69, 9.17) is 9.47 Å². The first-order valence-corrected chi connectivity index (χ1v) is 11.9. The maximum atomic E-state index is 13.5. The van der Waals surface area contributed by atoms with Gasteiger partial charge in [0.15, 0.2) is 4.80 Å². The number of benzene rings is 1. The molecule has 0 fully saturated rings. The van der Waals surface area contributed by atoms with Crippen molar-refractivity contribution < 1.29 is 19.1 Å². The van der Waals surface area contributed by atoms with E-state index in [-0.39, 0.29) is 11.7 Å². The fourth-order valence-electron chi connectivity index (χ4n) is 3.56. The monoisotopic (exact) mass is 482 g/mol. The van der Waals surface area contributed by atoms with Gasteiger partial charge in [0.2, 0.25) is 0 Å². The van der Waals surface area contributed by atoms with Gasteiger partial charge in [-0.05, 0) is 56.0 Å². The van der Waals surface area contributed by atoms with Crippen molar-refractivity contribution in [2.24, 2.45) is 4.99 Å². The molecule has 0 saturated heterocycles. The number of carbonyl (C=O) groups is 2. The first-order valence-electron chi connectivity index (χ1n) is 10.3. The van der Waals surface area contributed by atoms with Crippen LogP contribution in [0, 0.1) is 0 Å². The van der Waals surface area contributed by atoms with Crippen LogP contribution >= 0.6 is 22.7 Å². The Hall–Kier alpha value is -3.30. The molecule has 9 heteroatoms. The number of ether oxygens (including phenoxy) is 2. The molecule has 0 bridgehead atoms. The molecule has 0 radical (unpaired) electrons. The molecular weight excluding hydrogens is 460 g/mol. The molecule has 0 amide bonds. The number of thiazole rings is 1. The summed E-state index contributed by atoms with van der Waals surface area (Å²) >= 11 is 2.73. The van der Waals surface area contributed by atoms with Crippen molar-refractivity contribution in [3.8, 4) is 0 Å². The van der Waals surface area contributed by atoms with Crippen LogP contribution in [0.1, 0.15) is 47.6 Å². The number of esters is 2. The molecule has 1 unspecified atom stereocenters. The molecule has 3 heterocycles. The molecule has 0 aliphatic carbocycles. The van der Waals surface area contributed by atoms with Crippen LogP contribution in [0.5, 0.6) is 0 Å². The van der Waals surface area contributed by atoms with Crippen LogP contribution in [-0.2, 0) is 14.3 Å². The summed E-state index contributed by atoms with van der Waals surface area (Å²) in [4.78, 5) is 44.1. The van der Waals surface area contributed by atoms with Crippen LogP contribution in [0.2, 0.25) is 0 Å². The van der Waals surface area contributed by atoms with Gasteiger partial charge in [0.25, 0.3) is 5.56 Å². The van der Waals surface area contributed by atoms with Crippen LogP contribution in [0.4, 0.5) is 0 Å². The van der Waals surface area contributed by atoms with Crippen LogP contribution in [0.15, 0.2) is 62.8 Å². The van der Waals surface area contributed by atoms with Crippen molar-refractivity contribution >= 4 is 40.7 Å². The highest BCUT2D eigenvalue weighted by Crippen LogP contribution is 2.33. The summed E-state index contributed by atoms with van der Waals surface area (Å²) in [7, 11) is 1.33. The van der Waals surface area contributed by atoms with Crippen molar-refractivity contribution in [1.82, 2.24) is 4.57 Å². The lowest BCUT2D eigenvalue weighted by Gasteiger charge is -2.24. The van der Waals surface area contributed by atoms with E-state index in [0.29, 0.717) is 26.2 Å². The first-order chi connectivity index (χ1) is 15.8. The van der Waals surface area contributed by atoms with Gasteiger partial charge < -0.3 is 9.47 Å². The van der Waals surface area contributed by atoms with Gasteiger partial charge in [-0.25, -0.2) is 14.6 Å². The fraction of sp³-hybridized carbons (Fsp3) is 0.250. The quantitative estimate of drug-likeness (QED) is 0.522. The zero-order valence-corrected chi connectivity index (χ0v) is 20.2. The molecule has 7 nitrogen and oxygen atoms in total. The number of hydrogen-bond donors (Lipinski definition) is 0. The smallest absolute Gasteiger partial charge is 0.338 e. The third-order valence-electron chi connectivity index (χ3n) is 5.03. The molecule has 0 saturated carbocycles. The lowest BCUT2D eigenvalue weighted by atomic mass is 10.0. The second kappa shape index (κ2) is 9.29. The molecule has 0 N–H and O–H groups in total. The number of allylic oxidation sites excluding steroid dienone is 1. The summed E-state index contributed by atoms with van der Waals surface area (Å²) < 4.78 is 12.2. The fourth-order valence-corrected chi connectivity index (χ4v) is 5.43. The van der Waals surface area contributed by atoms with Gasteiger partial charge in [0, 0.05) is 4.88 Å². The Balaban J connectivity index is 1.84. The number of aromatic nitrogens is 1. The molecule has 1 aliphatic rings. The van der Waals surface area contributed by atoms with E-state index >= 15 is 0 Å². The predicted molar refractivity (Wildman–Crippen MR) is 127 cm³/mol. The van der Waals surface area contributed by atoms with Crippen LogP contribution < -0.4 is 14.9 Å². The number of carbonyl (C=O) groups excluding carboxylic acids is 2. The number of nitrogens with zero attached hydrogens (tertiary/aromatic N) is 2. The molecule has 1 aromatic carbocycles. The van der Waals surface area contributed by atoms with Crippen molar-refractivity contribution in [1.29, 1.82) is 0 Å². The summed E-state index contributed by atoms with van der Waals surface area (Å²) in [6.07, 6.45) is 1.46. The van der Waals surface area contributed by atoms with Gasteiger partial charge in [-0.2, -0.15) is 0 Å². The Morgan fingerprint density at radius 1 is 1.15 bits per heavy atom. The normalized spacial score (nSPS) is 15.9. The van der Waals surface area contributed by atoms with E-state index < -0.39 is 18.0 Å². The Bertz CT molecular complexity index is 1410. The van der Waals surface area contributed by atoms with E-state index in [2.05, 4.69) is 4.99 Å². The second-order valence-corrected chi connectivity index (χ2v) is 9.65. The predicted octanol–water partition coefficient (Wildman–Crippen LogP) is 3.03. The van der Waals surface area contributed by atoms with Gasteiger partial charge in [-0.15, -0.1) is 11.3 Å². The molecule has 33 heavy (non-hydrogen) atoms. The summed E-state index contributed by atoms with van der Waals surface area (Å²) in [5.41, 5.74) is 1.85. The van der Waals surface area contributed by atoms with E-state index in [9.17, 15) is 14.4 Å². The molecule has 170 valence electrons. The minimum atomic E-state index is -0.601. The summed E-state index contributed by atoms with van der Waals surface area (Å²) in [5, 5.41) is 1.91. The highest BCUT2D eigenvalue weighted by atomic mass is 32.1. The van der Waals surface area contributed by atoms with Gasteiger partial charge >= 0.3 is 11.9 Å². The number of fused-ring (bicyclic) bond motifs is 1. The summed E-state index contributed by atoms with van der Waals surface area (Å²) in [6, 6.07) is 9.98. The van der Waals surface area contributed by atoms with Gasteiger partial charge in [-0.1, -0.05) is 29.5 Å². The Morgan fingerprint density at radius 2 is 1.88 bits per heavy atom. The maximum absolute atomic E-state index is 13.5. The first kappa shape index (κ1) is 22.9. The van der Waals surface area contributed by atoms with Crippen LogP contribution in [0.3, 0.4) is 0 Å². The molecular formula is C24H22N2O5S2. The standard InChI is InChI=1S/C24H22N2O5S2/c1-13(2)31-23(29)19-14(3)25-24-26(20(19)17-6-5-11-32-17)21(27)18(33-24)12-15-7-9-16(10-8-15)22(28)30-4/h5-13,20H,1-4H3. The van der Waals surface area contributed by atoms with Crippen molar-refractivity contribution in [2.45, 2.75) is 32.9 Å². The number of methoxy groups -OCH3 is 1. The van der Waals surface area contributed by atoms with Crippen LogP contribution in [0.25, 0.3) is 6.08 Å². The van der Waals surface area contributed by atoms with E-state index in [0.717, 1.165) is 10.4 Å². The summed E-state index contributed by atoms with van der Waals surface area (Å²) in [5.74, 6) is -0.898. The van der Waals surface area contributed by atoms with Gasteiger partial charge in [-0.3, -0.25) is 9.36 Å². The Labute approximate surface area is 197 Å². The largest absolute Gasteiger partial charge is 0.465 e. The van der Waals surface area contributed by atoms with Crippen LogP contribution in [-0.4, -0.2) is 29.7 Å². The molecule has 3 aromatic rings. The molecule has 4 rings (SSSR count). The lowest BCUT2D eigenvalue weighted by Crippen LogP contribution is -2.39. The Kier molecular flexibility index (Phi) is 6.44. The third-order valence-corrected chi connectivity index (χ3v) is 6.93. The number of rotatable bonds is 5. The van der Waals surface area contributed by atoms with Gasteiger partial charge in [0.1, 0.15) is 6.04 Å². The highest BCUT2D eigenvalue weighted by Gasteiger charge is 2.34. The molecule has 1 atom stereocenters. The third kappa shape index (κ3) is 4.46. The number of hydrogen-bond acceptors (Lipinski definition) is 8. The lowest BCUT2D eigenvalue weighted by molar-refractivity contribution is -0.143. The van der Waals surface area contributed by atoms with Crippen molar-refractivity contribution in [3.05, 3.63) is 88.7 Å². The number of thiophene rings is 1. The minimum absolute atomic E-state index is 0.239. The zero-order valence-electron chi connectivity index (χ0n) is 18.5. The highest BCUT2D eigenvalue weighted by molar-refractivity contribution is 7.10. The van der Waals surface area contributed by atoms with E-state index in [1.807, 2.05) is 17.5 Å². The average molecular weight is 483 g/mol. The second-order valence-electron chi connectivity index (χ2n) is 7.66. The van der Waals surface area contributed by atoms with Crippen molar-refractivity contribution in [2.75, 3.05) is 7.11 Å². The minimum Gasteiger partial charge on any atom is -0.465 e. The Morgan fingerprint density at radius 3 is 2.48 bits per heavy atom. The van der Waals surface area contributed by atoms with Gasteiger partial charge in [0.05, 0.1) is 34.6 Å². The van der Waals surface area contributed by atoms with E-state index in [1.165, 1.54) is 29.8 Å². The summed E-state index contributed by atoms with van der Waals surface area (Å²) in [6.45, 7) is 5.34. The average Bonchev–Trinajstić information content (AvgIpc) is 3.41. The zero-order chi connectivity index (χ0) is 23.7. The SMILES string of the molecule is COC(=O)c1ccc(C=c2sc3n(c2=O)C(c2cccs2)C(C(=O)OC(C)C)=C(C)N=3)cc1. The molecule has 1 aliphatic heterocycles. The molecule has 0 spiro atoms. The molecule has 2 aromatic heterocycles. The topological polar surface area (TPSA) is 87.0 Å². The van der Waals surface area contributed by atoms with E-state index in [1.54, 1.807) is 55.7 Å².